The van der Waals surface area contributed by atoms with E-state index in [2.05, 4.69) is 6.07 Å². The van der Waals surface area contributed by atoms with Crippen LogP contribution in [0.2, 0.25) is 0 Å². The van der Waals surface area contributed by atoms with E-state index in [0.29, 0.717) is 0 Å². The summed E-state index contributed by atoms with van der Waals surface area (Å²) in [7, 11) is 1.31. The molecule has 2 aromatic carbocycles. The van der Waals surface area contributed by atoms with Crippen molar-refractivity contribution in [3.8, 4) is 6.07 Å². The van der Waals surface area contributed by atoms with Crippen molar-refractivity contribution in [3.05, 3.63) is 71.8 Å². The molecule has 0 bridgehead atoms. The van der Waals surface area contributed by atoms with Crippen molar-refractivity contribution >= 4 is 11.9 Å². The molecule has 0 aliphatic carbocycles. The van der Waals surface area contributed by atoms with Gasteiger partial charge in [-0.2, -0.15) is 5.26 Å². The molecule has 2 aromatic rings. The van der Waals surface area contributed by atoms with Gasteiger partial charge in [-0.25, -0.2) is 0 Å². The quantitative estimate of drug-likeness (QED) is 0.779. The van der Waals surface area contributed by atoms with E-state index in [0.717, 1.165) is 11.1 Å². The summed E-state index contributed by atoms with van der Waals surface area (Å²) in [5.41, 5.74) is 1.87. The van der Waals surface area contributed by atoms with Crippen LogP contribution in [0.1, 0.15) is 30.0 Å². The average Bonchev–Trinajstić information content (AvgIpc) is 2.98. The number of hydrogen-bond acceptors (Lipinski definition) is 4. The average molecular weight is 348 g/mol. The normalized spacial score (nSPS) is 19.4. The van der Waals surface area contributed by atoms with E-state index in [-0.39, 0.29) is 30.7 Å². The molecule has 0 saturated carbocycles. The van der Waals surface area contributed by atoms with Crippen LogP contribution in [0.15, 0.2) is 60.7 Å². The van der Waals surface area contributed by atoms with Crippen LogP contribution in [-0.4, -0.2) is 29.9 Å². The van der Waals surface area contributed by atoms with Gasteiger partial charge in [-0.1, -0.05) is 60.7 Å². The van der Waals surface area contributed by atoms with Crippen LogP contribution in [0, 0.1) is 17.2 Å². The second kappa shape index (κ2) is 7.83. The summed E-state index contributed by atoms with van der Waals surface area (Å²) >= 11 is 0. The summed E-state index contributed by atoms with van der Waals surface area (Å²) in [5.74, 6) is -0.890. The molecule has 5 nitrogen and oxygen atoms in total. The van der Waals surface area contributed by atoms with E-state index in [4.69, 9.17) is 4.74 Å². The van der Waals surface area contributed by atoms with E-state index < -0.39 is 12.0 Å². The standard InChI is InChI=1S/C21H20N2O3/c1-26-20(25)13-17-12-19(24)23(18(17)14-22)21(15-8-4-2-5-9-15)16-10-6-3-7-11-16/h2-11,17-18,21H,12-13H2,1H3. The molecular formula is C21H20N2O3. The van der Waals surface area contributed by atoms with Gasteiger partial charge in [0.05, 0.1) is 25.6 Å². The van der Waals surface area contributed by atoms with Crippen LogP contribution < -0.4 is 0 Å². The topological polar surface area (TPSA) is 70.4 Å². The van der Waals surface area contributed by atoms with E-state index in [9.17, 15) is 14.9 Å². The summed E-state index contributed by atoms with van der Waals surface area (Å²) in [6, 6.07) is 20.5. The predicted molar refractivity (Wildman–Crippen MR) is 95.7 cm³/mol. The number of esters is 1. The number of benzene rings is 2. The molecule has 1 heterocycles. The second-order valence-electron chi connectivity index (χ2n) is 6.34. The third kappa shape index (κ3) is 3.45. The monoisotopic (exact) mass is 348 g/mol. The molecule has 1 amide bonds. The lowest BCUT2D eigenvalue weighted by Gasteiger charge is -2.32. The Morgan fingerprint density at radius 2 is 1.69 bits per heavy atom. The molecule has 3 rings (SSSR count). The first-order valence-corrected chi connectivity index (χ1v) is 8.53. The van der Waals surface area contributed by atoms with Gasteiger partial charge in [0.15, 0.2) is 0 Å². The second-order valence-corrected chi connectivity index (χ2v) is 6.34. The van der Waals surface area contributed by atoms with Crippen LogP contribution in [0.4, 0.5) is 0 Å². The first kappa shape index (κ1) is 17.7. The zero-order valence-corrected chi connectivity index (χ0v) is 14.5. The number of carbonyl (C=O) groups is 2. The fourth-order valence-electron chi connectivity index (χ4n) is 3.56. The van der Waals surface area contributed by atoms with E-state index >= 15 is 0 Å². The van der Waals surface area contributed by atoms with Crippen molar-refractivity contribution in [2.75, 3.05) is 7.11 Å². The molecule has 0 spiro atoms. The van der Waals surface area contributed by atoms with E-state index in [1.54, 1.807) is 4.90 Å². The Morgan fingerprint density at radius 3 is 2.15 bits per heavy atom. The van der Waals surface area contributed by atoms with Gasteiger partial charge in [0.1, 0.15) is 6.04 Å². The van der Waals surface area contributed by atoms with Crippen molar-refractivity contribution in [3.63, 3.8) is 0 Å². The summed E-state index contributed by atoms with van der Waals surface area (Å²) in [4.78, 5) is 26.1. The minimum Gasteiger partial charge on any atom is -0.469 e. The van der Waals surface area contributed by atoms with Gasteiger partial charge in [0.2, 0.25) is 5.91 Å². The highest BCUT2D eigenvalue weighted by Crippen LogP contribution is 2.38. The maximum Gasteiger partial charge on any atom is 0.305 e. The number of carbonyl (C=O) groups excluding carboxylic acids is 2. The highest BCUT2D eigenvalue weighted by molar-refractivity contribution is 5.82. The van der Waals surface area contributed by atoms with Crippen LogP contribution in [0.3, 0.4) is 0 Å². The summed E-state index contributed by atoms with van der Waals surface area (Å²) < 4.78 is 4.73. The lowest BCUT2D eigenvalue weighted by molar-refractivity contribution is -0.141. The minimum atomic E-state index is -0.674. The largest absolute Gasteiger partial charge is 0.469 e. The Balaban J connectivity index is 2.02. The lowest BCUT2D eigenvalue weighted by Crippen LogP contribution is -2.38. The number of likely N-dealkylation sites (tertiary alicyclic amines) is 1. The molecule has 132 valence electrons. The number of ether oxygens (including phenoxy) is 1. The van der Waals surface area contributed by atoms with Gasteiger partial charge < -0.3 is 9.64 Å². The van der Waals surface area contributed by atoms with Crippen molar-refractivity contribution in [1.29, 1.82) is 5.26 Å². The molecular weight excluding hydrogens is 328 g/mol. The Labute approximate surface area is 152 Å². The number of hydrogen-bond donors (Lipinski definition) is 0. The van der Waals surface area contributed by atoms with Gasteiger partial charge in [-0.15, -0.1) is 0 Å². The molecule has 1 aliphatic rings. The minimum absolute atomic E-state index is 0.0628. The van der Waals surface area contributed by atoms with Crippen LogP contribution >= 0.6 is 0 Å². The third-order valence-electron chi connectivity index (χ3n) is 4.77. The van der Waals surface area contributed by atoms with Crippen molar-refractivity contribution < 1.29 is 14.3 Å². The van der Waals surface area contributed by atoms with Gasteiger partial charge in [0.25, 0.3) is 0 Å². The molecule has 2 unspecified atom stereocenters. The Morgan fingerprint density at radius 1 is 1.15 bits per heavy atom. The fourth-order valence-corrected chi connectivity index (χ4v) is 3.56. The first-order valence-electron chi connectivity index (χ1n) is 8.53. The van der Waals surface area contributed by atoms with Crippen LogP contribution in [0.5, 0.6) is 0 Å². The fraction of sp³-hybridized carbons (Fsp3) is 0.286. The molecule has 2 atom stereocenters. The lowest BCUT2D eigenvalue weighted by atomic mass is 9.94. The van der Waals surface area contributed by atoms with Crippen LogP contribution in [0.25, 0.3) is 0 Å². The molecule has 0 aromatic heterocycles. The number of nitrogens with zero attached hydrogens (tertiary/aromatic N) is 2. The highest BCUT2D eigenvalue weighted by Gasteiger charge is 2.45. The third-order valence-corrected chi connectivity index (χ3v) is 4.77. The number of nitriles is 1. The predicted octanol–water partition coefficient (Wildman–Crippen LogP) is 3.08. The molecule has 1 fully saturated rings. The maximum atomic E-state index is 12.8. The number of methoxy groups -OCH3 is 1. The van der Waals surface area contributed by atoms with Gasteiger partial charge in [-0.05, 0) is 11.1 Å². The highest BCUT2D eigenvalue weighted by atomic mass is 16.5. The summed E-state index contributed by atoms with van der Waals surface area (Å²) in [6.07, 6.45) is 0.233. The van der Waals surface area contributed by atoms with E-state index in [1.807, 2.05) is 60.7 Å². The van der Waals surface area contributed by atoms with Gasteiger partial charge in [-0.3, -0.25) is 9.59 Å². The SMILES string of the molecule is COC(=O)CC1CC(=O)N(C(c2ccccc2)c2ccccc2)C1C#N. The van der Waals surface area contributed by atoms with Crippen molar-refractivity contribution in [2.45, 2.75) is 24.9 Å². The summed E-state index contributed by atoms with van der Waals surface area (Å²) in [5, 5.41) is 9.76. The van der Waals surface area contributed by atoms with Gasteiger partial charge >= 0.3 is 5.97 Å². The molecule has 26 heavy (non-hydrogen) atoms. The molecule has 1 saturated heterocycles. The molecule has 0 N–H and O–H groups in total. The van der Waals surface area contributed by atoms with Crippen molar-refractivity contribution in [2.24, 2.45) is 5.92 Å². The smallest absolute Gasteiger partial charge is 0.305 e. The zero-order valence-electron chi connectivity index (χ0n) is 14.5. The Bertz CT molecular complexity index is 775. The molecule has 5 heteroatoms. The molecule has 1 aliphatic heterocycles. The summed E-state index contributed by atoms with van der Waals surface area (Å²) in [6.45, 7) is 0. The zero-order chi connectivity index (χ0) is 18.5. The Hall–Kier alpha value is -3.13. The maximum absolute atomic E-state index is 12.8. The van der Waals surface area contributed by atoms with E-state index in [1.165, 1.54) is 7.11 Å². The first-order chi connectivity index (χ1) is 12.7. The number of amides is 1. The van der Waals surface area contributed by atoms with Crippen molar-refractivity contribution in [1.82, 2.24) is 4.90 Å². The molecule has 0 radical (unpaired) electrons. The Kier molecular flexibility index (Phi) is 5.33. The number of rotatable bonds is 5. The van der Waals surface area contributed by atoms with Gasteiger partial charge in [0, 0.05) is 12.3 Å². The van der Waals surface area contributed by atoms with Crippen LogP contribution in [-0.2, 0) is 14.3 Å².